The number of pyridine rings is 1. The number of aromatic nitrogens is 3. The Morgan fingerprint density at radius 2 is 2.12 bits per heavy atom. The number of furan rings is 2. The molecule has 0 aliphatic heterocycles. The molecular formula is C22H24ClN5O5. The molecule has 2 N–H and O–H groups in total. The number of nitrogens with one attached hydrogen (secondary N) is 2. The van der Waals surface area contributed by atoms with E-state index in [2.05, 4.69) is 25.8 Å². The molecule has 10 nitrogen and oxygen atoms in total. The molecule has 4 aromatic rings. The molecule has 1 atom stereocenters. The molecule has 1 unspecified atom stereocenters. The van der Waals surface area contributed by atoms with E-state index in [9.17, 15) is 4.79 Å². The highest BCUT2D eigenvalue weighted by atomic mass is 35.5. The molecule has 1 amide bonds. The lowest BCUT2D eigenvalue weighted by atomic mass is 10.1. The van der Waals surface area contributed by atoms with Crippen molar-refractivity contribution < 1.29 is 22.8 Å². The van der Waals surface area contributed by atoms with Gasteiger partial charge in [-0.15, -0.1) is 10.2 Å². The van der Waals surface area contributed by atoms with Crippen LogP contribution >= 0.6 is 11.6 Å². The Bertz CT molecular complexity index is 1230. The molecule has 0 radical (unpaired) electrons. The number of hydrogen-bond acceptors (Lipinski definition) is 9. The normalized spacial score (nSPS) is 12.6. The van der Waals surface area contributed by atoms with E-state index < -0.39 is 11.7 Å². The summed E-state index contributed by atoms with van der Waals surface area (Å²) in [7, 11) is 0. The third-order valence-electron chi connectivity index (χ3n) is 4.54. The van der Waals surface area contributed by atoms with Crippen LogP contribution in [0.2, 0.25) is 5.15 Å². The van der Waals surface area contributed by atoms with Gasteiger partial charge in [0.15, 0.2) is 5.58 Å². The molecule has 0 bridgehead atoms. The molecule has 4 aromatic heterocycles. The number of alkyl carbamates (subject to hydrolysis) is 1. The van der Waals surface area contributed by atoms with Crippen molar-refractivity contribution in [2.75, 3.05) is 5.32 Å². The molecular weight excluding hydrogens is 450 g/mol. The zero-order valence-corrected chi connectivity index (χ0v) is 19.4. The van der Waals surface area contributed by atoms with Crippen LogP contribution < -0.4 is 10.6 Å². The fourth-order valence-electron chi connectivity index (χ4n) is 3.29. The number of hydrogen-bond donors (Lipinski definition) is 2. The Kier molecular flexibility index (Phi) is 6.28. The smallest absolute Gasteiger partial charge is 0.407 e. The summed E-state index contributed by atoms with van der Waals surface area (Å²) in [5.41, 5.74) is 1.48. The molecule has 11 heteroatoms. The number of nitrogens with zero attached hydrogens (tertiary/aromatic N) is 3. The molecule has 0 spiro atoms. The molecule has 0 fully saturated rings. The fraction of sp³-hybridized carbons (Fsp3) is 0.364. The Morgan fingerprint density at radius 3 is 2.79 bits per heavy atom. The van der Waals surface area contributed by atoms with Crippen LogP contribution in [0.15, 0.2) is 44.1 Å². The number of fused-ring (bicyclic) bond motifs is 1. The van der Waals surface area contributed by atoms with E-state index in [-0.39, 0.29) is 17.1 Å². The summed E-state index contributed by atoms with van der Waals surface area (Å²) in [6.45, 7) is 7.67. The summed E-state index contributed by atoms with van der Waals surface area (Å²) in [4.78, 5) is 16.6. The van der Waals surface area contributed by atoms with Crippen molar-refractivity contribution in [3.05, 3.63) is 47.5 Å². The second-order valence-electron chi connectivity index (χ2n) is 8.50. The van der Waals surface area contributed by atoms with Crippen molar-refractivity contribution in [3.63, 3.8) is 0 Å². The van der Waals surface area contributed by atoms with Crippen molar-refractivity contribution in [2.45, 2.75) is 52.3 Å². The lowest BCUT2D eigenvalue weighted by Crippen LogP contribution is -2.38. The van der Waals surface area contributed by atoms with Crippen molar-refractivity contribution in [1.29, 1.82) is 0 Å². The van der Waals surface area contributed by atoms with Gasteiger partial charge in [-0.3, -0.25) is 0 Å². The van der Waals surface area contributed by atoms with Gasteiger partial charge in [-0.25, -0.2) is 9.78 Å². The molecule has 33 heavy (non-hydrogen) atoms. The highest BCUT2D eigenvalue weighted by Crippen LogP contribution is 2.38. The fourth-order valence-corrected chi connectivity index (χ4v) is 3.49. The van der Waals surface area contributed by atoms with Crippen molar-refractivity contribution in [1.82, 2.24) is 20.5 Å². The first-order valence-corrected chi connectivity index (χ1v) is 10.7. The number of halogens is 1. The first-order valence-electron chi connectivity index (χ1n) is 10.3. The summed E-state index contributed by atoms with van der Waals surface area (Å²) in [6, 6.07) is 5.01. The maximum Gasteiger partial charge on any atom is 0.407 e. The average molecular weight is 474 g/mol. The van der Waals surface area contributed by atoms with Gasteiger partial charge in [-0.05, 0) is 39.8 Å². The van der Waals surface area contributed by atoms with Gasteiger partial charge in [0.05, 0.1) is 18.5 Å². The third-order valence-corrected chi connectivity index (χ3v) is 4.74. The number of anilines is 1. The highest BCUT2D eigenvalue weighted by Gasteiger charge is 2.26. The quantitative estimate of drug-likeness (QED) is 0.348. The highest BCUT2D eigenvalue weighted by molar-refractivity contribution is 6.30. The predicted octanol–water partition coefficient (Wildman–Crippen LogP) is 5.19. The maximum atomic E-state index is 12.2. The van der Waals surface area contributed by atoms with Gasteiger partial charge in [-0.1, -0.05) is 11.6 Å². The monoisotopic (exact) mass is 473 g/mol. The lowest BCUT2D eigenvalue weighted by Gasteiger charge is -2.21. The van der Waals surface area contributed by atoms with Crippen LogP contribution in [-0.2, 0) is 17.7 Å². The standard InChI is InChI=1S/C22H24ClN5O5/c1-12(26-21(29)33-22(2,3)4)8-15-17(20-28-25-11-31-20)18-19(32-15)14(9-16(23)27-18)24-10-13-6-5-7-30-13/h5-7,9,11-12H,8,10H2,1-4H3,(H,24,27)(H,26,29). The minimum Gasteiger partial charge on any atom is -0.467 e. The number of ether oxygens (including phenoxy) is 1. The average Bonchev–Trinajstić information content (AvgIpc) is 3.45. The molecule has 174 valence electrons. The first kappa shape index (κ1) is 22.7. The second kappa shape index (κ2) is 9.14. The van der Waals surface area contributed by atoms with Crippen LogP contribution in [0.25, 0.3) is 22.6 Å². The number of rotatable bonds is 7. The van der Waals surface area contributed by atoms with E-state index in [1.807, 2.05) is 19.1 Å². The van der Waals surface area contributed by atoms with Crippen LogP contribution in [0.1, 0.15) is 39.2 Å². The van der Waals surface area contributed by atoms with E-state index in [4.69, 9.17) is 29.6 Å². The Labute approximate surface area is 194 Å². The van der Waals surface area contributed by atoms with Gasteiger partial charge < -0.3 is 28.6 Å². The summed E-state index contributed by atoms with van der Waals surface area (Å²) in [6.07, 6.45) is 2.63. The van der Waals surface area contributed by atoms with Crippen LogP contribution in [0.4, 0.5) is 10.5 Å². The maximum absolute atomic E-state index is 12.2. The lowest BCUT2D eigenvalue weighted by molar-refractivity contribution is 0.0507. The molecule has 0 saturated heterocycles. The topological polar surface area (TPSA) is 128 Å². The zero-order chi connectivity index (χ0) is 23.6. The molecule has 4 rings (SSSR count). The van der Waals surface area contributed by atoms with Gasteiger partial charge in [0.2, 0.25) is 6.39 Å². The SMILES string of the molecule is CC(Cc1oc2c(NCc3ccco3)cc(Cl)nc2c1-c1nnco1)NC(=O)OC(C)(C)C. The predicted molar refractivity (Wildman–Crippen MR) is 121 cm³/mol. The van der Waals surface area contributed by atoms with E-state index >= 15 is 0 Å². The molecule has 0 aliphatic rings. The summed E-state index contributed by atoms with van der Waals surface area (Å²) in [5.74, 6) is 1.49. The zero-order valence-electron chi connectivity index (χ0n) is 18.6. The Balaban J connectivity index is 1.67. The van der Waals surface area contributed by atoms with Crippen molar-refractivity contribution >= 4 is 34.5 Å². The summed E-state index contributed by atoms with van der Waals surface area (Å²) < 4.78 is 22.4. The van der Waals surface area contributed by atoms with Crippen LogP contribution in [0, 0.1) is 0 Å². The largest absolute Gasteiger partial charge is 0.467 e. The number of carbonyl (C=O) groups is 1. The minimum absolute atomic E-state index is 0.236. The second-order valence-corrected chi connectivity index (χ2v) is 8.89. The Hall–Kier alpha value is -3.53. The Morgan fingerprint density at radius 1 is 1.30 bits per heavy atom. The number of carbonyl (C=O) groups excluding carboxylic acids is 1. The van der Waals surface area contributed by atoms with Gasteiger partial charge in [0.1, 0.15) is 33.4 Å². The van der Waals surface area contributed by atoms with E-state index in [1.54, 1.807) is 33.1 Å². The van der Waals surface area contributed by atoms with Crippen molar-refractivity contribution in [2.24, 2.45) is 0 Å². The van der Waals surface area contributed by atoms with E-state index in [1.165, 1.54) is 6.39 Å². The van der Waals surface area contributed by atoms with E-state index in [0.717, 1.165) is 5.76 Å². The van der Waals surface area contributed by atoms with Gasteiger partial charge in [0.25, 0.3) is 5.89 Å². The van der Waals surface area contributed by atoms with E-state index in [0.29, 0.717) is 41.1 Å². The van der Waals surface area contributed by atoms with Gasteiger partial charge >= 0.3 is 6.09 Å². The minimum atomic E-state index is -0.604. The van der Waals surface area contributed by atoms with Crippen LogP contribution in [0.3, 0.4) is 0 Å². The van der Waals surface area contributed by atoms with Crippen molar-refractivity contribution in [3.8, 4) is 11.5 Å². The third kappa shape index (κ3) is 5.46. The van der Waals surface area contributed by atoms with Gasteiger partial charge in [-0.2, -0.15) is 0 Å². The van der Waals surface area contributed by atoms with Crippen LogP contribution in [-0.4, -0.2) is 32.9 Å². The molecule has 0 aliphatic carbocycles. The molecule has 0 aromatic carbocycles. The first-order chi connectivity index (χ1) is 15.7. The summed E-state index contributed by atoms with van der Waals surface area (Å²) >= 11 is 6.31. The van der Waals surface area contributed by atoms with Crippen LogP contribution in [0.5, 0.6) is 0 Å². The summed E-state index contributed by atoms with van der Waals surface area (Å²) in [5, 5.41) is 14.1. The molecule has 4 heterocycles. The number of amides is 1. The molecule has 0 saturated carbocycles. The van der Waals surface area contributed by atoms with Gasteiger partial charge in [0, 0.05) is 18.5 Å².